The van der Waals surface area contributed by atoms with Crippen LogP contribution in [0.2, 0.25) is 0 Å². The Hall–Kier alpha value is -2.57. The molecule has 1 aromatic heterocycles. The Balaban J connectivity index is 1.52. The van der Waals surface area contributed by atoms with Crippen LogP contribution in [-0.2, 0) is 11.3 Å². The Bertz CT molecular complexity index is 817. The van der Waals surface area contributed by atoms with Crippen molar-refractivity contribution in [2.45, 2.75) is 50.7 Å². The number of aromatic nitrogens is 2. The lowest BCUT2D eigenvalue weighted by Gasteiger charge is -2.33. The van der Waals surface area contributed by atoms with E-state index >= 15 is 0 Å². The highest BCUT2D eigenvalue weighted by atomic mass is 19.1. The van der Waals surface area contributed by atoms with Crippen molar-refractivity contribution in [3.8, 4) is 0 Å². The van der Waals surface area contributed by atoms with Crippen LogP contribution in [-0.4, -0.2) is 28.0 Å². The van der Waals surface area contributed by atoms with E-state index in [1.54, 1.807) is 18.5 Å². The van der Waals surface area contributed by atoms with Crippen LogP contribution in [0.1, 0.15) is 37.7 Å². The van der Waals surface area contributed by atoms with Gasteiger partial charge in [0.1, 0.15) is 17.7 Å². The molecule has 2 fully saturated rings. The second kappa shape index (κ2) is 7.58. The Morgan fingerprint density at radius 3 is 2.74 bits per heavy atom. The minimum atomic E-state index is -0.654. The van der Waals surface area contributed by atoms with Gasteiger partial charge in [-0.15, -0.1) is 0 Å². The highest BCUT2D eigenvalue weighted by molar-refractivity contribution is 5.85. The second-order valence-corrected chi connectivity index (χ2v) is 7.27. The van der Waals surface area contributed by atoms with Gasteiger partial charge >= 0.3 is 0 Å². The second-order valence-electron chi connectivity index (χ2n) is 7.27. The monoisotopic (exact) mass is 372 g/mol. The summed E-state index contributed by atoms with van der Waals surface area (Å²) in [6.45, 7) is 0.0280. The van der Waals surface area contributed by atoms with E-state index in [4.69, 9.17) is 0 Å². The summed E-state index contributed by atoms with van der Waals surface area (Å²) < 4.78 is 26.9. The van der Waals surface area contributed by atoms with Crippen LogP contribution in [0.5, 0.6) is 0 Å². The van der Waals surface area contributed by atoms with Crippen LogP contribution >= 0.6 is 0 Å². The van der Waals surface area contributed by atoms with E-state index in [9.17, 15) is 13.6 Å². The van der Waals surface area contributed by atoms with Crippen molar-refractivity contribution in [1.82, 2.24) is 15.3 Å². The lowest BCUT2D eigenvalue weighted by Crippen LogP contribution is -2.47. The fourth-order valence-electron chi connectivity index (χ4n) is 4.37. The molecule has 1 aliphatic carbocycles. The number of nitrogens with one attached hydrogen (secondary N) is 1. The number of halogens is 2. The zero-order valence-electron chi connectivity index (χ0n) is 14.9. The molecule has 3 atom stereocenters. The van der Waals surface area contributed by atoms with Gasteiger partial charge in [0.25, 0.3) is 0 Å². The first kappa shape index (κ1) is 17.8. The maximum Gasteiger partial charge on any atom is 0.243 e. The molecule has 1 amide bonds. The maximum atomic E-state index is 13.8. The zero-order valence-corrected chi connectivity index (χ0v) is 14.9. The average Bonchev–Trinajstić information content (AvgIpc) is 3.07. The van der Waals surface area contributed by atoms with Crippen LogP contribution in [0.3, 0.4) is 0 Å². The summed E-state index contributed by atoms with van der Waals surface area (Å²) in [5.41, 5.74) is 0.266. The Morgan fingerprint density at radius 1 is 1.19 bits per heavy atom. The molecule has 1 aliphatic heterocycles. The lowest BCUT2D eigenvalue weighted by molar-refractivity contribution is -0.122. The van der Waals surface area contributed by atoms with Crippen LogP contribution in [0.15, 0.2) is 36.7 Å². The molecule has 4 rings (SSSR count). The number of anilines is 1. The number of carbonyl (C=O) groups is 1. The van der Waals surface area contributed by atoms with E-state index < -0.39 is 11.6 Å². The molecular weight excluding hydrogens is 350 g/mol. The van der Waals surface area contributed by atoms with Crippen molar-refractivity contribution < 1.29 is 13.6 Å². The summed E-state index contributed by atoms with van der Waals surface area (Å²) in [5, 5.41) is 2.81. The van der Waals surface area contributed by atoms with Gasteiger partial charge < -0.3 is 10.2 Å². The van der Waals surface area contributed by atoms with Crippen molar-refractivity contribution >= 4 is 11.9 Å². The number of carbonyl (C=O) groups excluding carboxylic acids is 1. The van der Waals surface area contributed by atoms with Crippen LogP contribution < -0.4 is 10.2 Å². The fourth-order valence-corrected chi connectivity index (χ4v) is 4.37. The molecule has 1 aromatic carbocycles. The van der Waals surface area contributed by atoms with Crippen LogP contribution in [0, 0.1) is 17.6 Å². The molecule has 142 valence electrons. The molecular formula is C20H22F2N4O. The van der Waals surface area contributed by atoms with Crippen molar-refractivity contribution in [2.75, 3.05) is 4.90 Å². The maximum absolute atomic E-state index is 13.8. The van der Waals surface area contributed by atoms with Gasteiger partial charge in [0.05, 0.1) is 0 Å². The lowest BCUT2D eigenvalue weighted by atomic mass is 9.85. The first-order valence-corrected chi connectivity index (χ1v) is 9.40. The molecule has 1 saturated heterocycles. The largest absolute Gasteiger partial charge is 0.350 e. The quantitative estimate of drug-likeness (QED) is 0.895. The van der Waals surface area contributed by atoms with Gasteiger partial charge in [0, 0.05) is 36.6 Å². The highest BCUT2D eigenvalue weighted by Gasteiger charge is 2.46. The summed E-state index contributed by atoms with van der Waals surface area (Å²) in [5.74, 6) is -0.435. The third-order valence-corrected chi connectivity index (χ3v) is 5.64. The molecule has 2 aliphatic rings. The molecule has 0 bridgehead atoms. The van der Waals surface area contributed by atoms with Gasteiger partial charge in [-0.05, 0) is 37.3 Å². The first-order chi connectivity index (χ1) is 13.1. The summed E-state index contributed by atoms with van der Waals surface area (Å²) in [7, 11) is 0. The molecule has 3 unspecified atom stereocenters. The van der Waals surface area contributed by atoms with Crippen molar-refractivity contribution in [2.24, 2.45) is 5.92 Å². The van der Waals surface area contributed by atoms with Gasteiger partial charge in [-0.1, -0.05) is 18.9 Å². The standard InChI is InChI=1S/C20H22F2N4O/c21-15-7-6-14(16(22)11-15)12-25-19(27)18-10-13-4-1-2-5-17(13)26(18)20-23-8-3-9-24-20/h3,6-9,11,13,17-18H,1-2,4-5,10,12H2,(H,25,27). The van der Waals surface area contributed by atoms with Crippen molar-refractivity contribution in [1.29, 1.82) is 0 Å². The molecule has 1 N–H and O–H groups in total. The van der Waals surface area contributed by atoms with Gasteiger partial charge in [0.2, 0.25) is 11.9 Å². The minimum absolute atomic E-state index is 0.0280. The minimum Gasteiger partial charge on any atom is -0.350 e. The number of hydrogen-bond donors (Lipinski definition) is 1. The third kappa shape index (κ3) is 3.63. The normalized spacial score (nSPS) is 24.5. The summed E-state index contributed by atoms with van der Waals surface area (Å²) in [6.07, 6.45) is 8.56. The molecule has 0 radical (unpaired) electrons. The number of hydrogen-bond acceptors (Lipinski definition) is 4. The molecule has 1 saturated carbocycles. The predicted molar refractivity (Wildman–Crippen MR) is 96.9 cm³/mol. The summed E-state index contributed by atoms with van der Waals surface area (Å²) >= 11 is 0. The number of benzene rings is 1. The number of amides is 1. The third-order valence-electron chi connectivity index (χ3n) is 5.64. The predicted octanol–water partition coefficient (Wildman–Crippen LogP) is 3.21. The average molecular weight is 372 g/mol. The van der Waals surface area contributed by atoms with E-state index in [-0.39, 0.29) is 30.1 Å². The van der Waals surface area contributed by atoms with Gasteiger partial charge in [-0.3, -0.25) is 4.79 Å². The smallest absolute Gasteiger partial charge is 0.243 e. The fraction of sp³-hybridized carbons (Fsp3) is 0.450. The molecule has 0 spiro atoms. The van der Waals surface area contributed by atoms with Gasteiger partial charge in [-0.2, -0.15) is 0 Å². The van der Waals surface area contributed by atoms with Crippen molar-refractivity contribution in [3.05, 3.63) is 53.9 Å². The zero-order chi connectivity index (χ0) is 18.8. The van der Waals surface area contributed by atoms with Gasteiger partial charge in [0.15, 0.2) is 0 Å². The highest BCUT2D eigenvalue weighted by Crippen LogP contribution is 2.41. The van der Waals surface area contributed by atoms with E-state index in [2.05, 4.69) is 15.3 Å². The summed E-state index contributed by atoms with van der Waals surface area (Å²) in [4.78, 5) is 23.7. The molecule has 27 heavy (non-hydrogen) atoms. The van der Waals surface area contributed by atoms with Crippen LogP contribution in [0.4, 0.5) is 14.7 Å². The molecule has 2 heterocycles. The van der Waals surface area contributed by atoms with E-state index in [1.165, 1.54) is 18.6 Å². The summed E-state index contributed by atoms with van der Waals surface area (Å²) in [6, 6.07) is 5.03. The van der Waals surface area contributed by atoms with E-state index in [0.29, 0.717) is 11.9 Å². The Kier molecular flexibility index (Phi) is 5.01. The number of nitrogens with zero attached hydrogens (tertiary/aromatic N) is 3. The number of rotatable bonds is 4. The molecule has 2 aromatic rings. The topological polar surface area (TPSA) is 58.1 Å². The SMILES string of the molecule is O=C(NCc1ccc(F)cc1F)C1CC2CCCCC2N1c1ncccn1. The van der Waals surface area contributed by atoms with E-state index in [0.717, 1.165) is 31.7 Å². The molecule has 5 nitrogen and oxygen atoms in total. The van der Waals surface area contributed by atoms with Gasteiger partial charge in [-0.25, -0.2) is 18.7 Å². The molecule has 7 heteroatoms. The Labute approximate surface area is 156 Å². The van der Waals surface area contributed by atoms with Crippen LogP contribution in [0.25, 0.3) is 0 Å². The number of fused-ring (bicyclic) bond motifs is 1. The first-order valence-electron chi connectivity index (χ1n) is 9.40. The van der Waals surface area contributed by atoms with E-state index in [1.807, 2.05) is 4.90 Å². The van der Waals surface area contributed by atoms with Crippen molar-refractivity contribution in [3.63, 3.8) is 0 Å². The Morgan fingerprint density at radius 2 is 1.96 bits per heavy atom.